The number of aromatic amines is 1. The molecule has 1 N–H and O–H groups in total. The van der Waals surface area contributed by atoms with Gasteiger partial charge in [0.1, 0.15) is 11.4 Å². The van der Waals surface area contributed by atoms with E-state index in [1.165, 1.54) is 5.56 Å². The van der Waals surface area contributed by atoms with Crippen molar-refractivity contribution < 1.29 is 4.42 Å². The van der Waals surface area contributed by atoms with Gasteiger partial charge >= 0.3 is 5.63 Å². The maximum atomic E-state index is 12.4. The lowest BCUT2D eigenvalue weighted by atomic mass is 9.95. The summed E-state index contributed by atoms with van der Waals surface area (Å²) < 4.78 is 5.48. The third kappa shape index (κ3) is 4.30. The maximum absolute atomic E-state index is 12.4. The first-order chi connectivity index (χ1) is 14.9. The van der Waals surface area contributed by atoms with Crippen LogP contribution in [0.5, 0.6) is 0 Å². The van der Waals surface area contributed by atoms with E-state index in [-0.39, 0.29) is 11.2 Å². The number of aryl methyl sites for hydroxylation is 1. The molecule has 0 saturated heterocycles. The second kappa shape index (κ2) is 8.47. The molecule has 0 fully saturated rings. The van der Waals surface area contributed by atoms with Crippen molar-refractivity contribution in [2.45, 2.75) is 46.7 Å². The lowest BCUT2D eigenvalue weighted by Gasteiger charge is -2.21. The van der Waals surface area contributed by atoms with Crippen molar-refractivity contribution in [3.63, 3.8) is 0 Å². The molecular formula is C25H27N3O3. The van der Waals surface area contributed by atoms with Crippen LogP contribution in [0.25, 0.3) is 21.9 Å². The fourth-order valence-electron chi connectivity index (χ4n) is 4.09. The van der Waals surface area contributed by atoms with Crippen LogP contribution < -0.4 is 11.2 Å². The summed E-state index contributed by atoms with van der Waals surface area (Å²) in [6, 6.07) is 13.0. The van der Waals surface area contributed by atoms with Gasteiger partial charge in [-0.3, -0.25) is 9.69 Å². The Bertz CT molecular complexity index is 1370. The number of hydrogen-bond donors (Lipinski definition) is 1. The van der Waals surface area contributed by atoms with E-state index in [9.17, 15) is 9.59 Å². The average Bonchev–Trinajstić information content (AvgIpc) is 2.72. The SMILES string of the molecule is CCN(Cc1nc2ccccc2c(=O)[nH]1)Cc1cc(=O)oc2cc(C)c(C(C)C)cc12. The van der Waals surface area contributed by atoms with Gasteiger partial charge < -0.3 is 9.40 Å². The molecule has 0 bridgehead atoms. The van der Waals surface area contributed by atoms with Gasteiger partial charge in [-0.1, -0.05) is 32.9 Å². The molecule has 2 heterocycles. The van der Waals surface area contributed by atoms with Gasteiger partial charge in [-0.05, 0) is 60.3 Å². The molecule has 6 heteroatoms. The van der Waals surface area contributed by atoms with E-state index in [0.717, 1.165) is 23.1 Å². The van der Waals surface area contributed by atoms with Crippen LogP contribution in [0.15, 0.2) is 56.5 Å². The zero-order valence-electron chi connectivity index (χ0n) is 18.4. The first-order valence-electron chi connectivity index (χ1n) is 10.6. The van der Waals surface area contributed by atoms with E-state index >= 15 is 0 Å². The van der Waals surface area contributed by atoms with Crippen LogP contribution in [0.2, 0.25) is 0 Å². The molecule has 6 nitrogen and oxygen atoms in total. The van der Waals surface area contributed by atoms with E-state index in [1.54, 1.807) is 12.1 Å². The van der Waals surface area contributed by atoms with Gasteiger partial charge in [-0.2, -0.15) is 0 Å². The van der Waals surface area contributed by atoms with Crippen molar-refractivity contribution in [2.75, 3.05) is 6.54 Å². The molecule has 4 rings (SSSR count). The topological polar surface area (TPSA) is 79.2 Å². The number of nitrogens with one attached hydrogen (secondary N) is 1. The summed E-state index contributed by atoms with van der Waals surface area (Å²) in [6.45, 7) is 10.2. The molecule has 2 aromatic heterocycles. The highest BCUT2D eigenvalue weighted by Gasteiger charge is 2.15. The quantitative estimate of drug-likeness (QED) is 0.468. The van der Waals surface area contributed by atoms with Crippen LogP contribution in [0, 0.1) is 6.92 Å². The van der Waals surface area contributed by atoms with E-state index in [1.807, 2.05) is 31.2 Å². The molecule has 160 valence electrons. The van der Waals surface area contributed by atoms with E-state index in [0.29, 0.717) is 41.3 Å². The Morgan fingerprint density at radius 3 is 2.58 bits per heavy atom. The van der Waals surface area contributed by atoms with Crippen molar-refractivity contribution in [2.24, 2.45) is 0 Å². The smallest absolute Gasteiger partial charge is 0.336 e. The Morgan fingerprint density at radius 1 is 1.06 bits per heavy atom. The number of rotatable bonds is 6. The first-order valence-corrected chi connectivity index (χ1v) is 10.6. The molecule has 0 radical (unpaired) electrons. The minimum Gasteiger partial charge on any atom is -0.423 e. The summed E-state index contributed by atoms with van der Waals surface area (Å²) in [4.78, 5) is 34.3. The molecule has 0 atom stereocenters. The van der Waals surface area contributed by atoms with Gasteiger partial charge in [0.25, 0.3) is 5.56 Å². The van der Waals surface area contributed by atoms with Gasteiger partial charge in [0, 0.05) is 18.0 Å². The predicted molar refractivity (Wildman–Crippen MR) is 123 cm³/mol. The second-order valence-corrected chi connectivity index (χ2v) is 8.28. The molecule has 2 aromatic carbocycles. The van der Waals surface area contributed by atoms with Crippen LogP contribution in [0.4, 0.5) is 0 Å². The van der Waals surface area contributed by atoms with Crippen LogP contribution in [-0.2, 0) is 13.1 Å². The summed E-state index contributed by atoms with van der Waals surface area (Å²) >= 11 is 0. The Labute approximate surface area is 180 Å². The van der Waals surface area contributed by atoms with Crippen LogP contribution in [0.3, 0.4) is 0 Å². The largest absolute Gasteiger partial charge is 0.423 e. The summed E-state index contributed by atoms with van der Waals surface area (Å²) in [6.07, 6.45) is 0. The van der Waals surface area contributed by atoms with Gasteiger partial charge in [0.05, 0.1) is 17.4 Å². The molecule has 0 aliphatic rings. The van der Waals surface area contributed by atoms with Crippen molar-refractivity contribution in [3.05, 3.63) is 85.8 Å². The van der Waals surface area contributed by atoms with Gasteiger partial charge in [0.2, 0.25) is 0 Å². The Hall–Kier alpha value is -3.25. The molecule has 0 amide bonds. The molecule has 31 heavy (non-hydrogen) atoms. The molecule has 4 aromatic rings. The zero-order valence-corrected chi connectivity index (χ0v) is 18.4. The Morgan fingerprint density at radius 2 is 1.84 bits per heavy atom. The molecule has 0 saturated carbocycles. The third-order valence-corrected chi connectivity index (χ3v) is 5.72. The minimum absolute atomic E-state index is 0.139. The molecule has 0 unspecified atom stereocenters. The summed E-state index contributed by atoms with van der Waals surface area (Å²) in [5.74, 6) is 0.981. The number of fused-ring (bicyclic) bond motifs is 2. The zero-order chi connectivity index (χ0) is 22.1. The lowest BCUT2D eigenvalue weighted by molar-refractivity contribution is 0.265. The second-order valence-electron chi connectivity index (χ2n) is 8.28. The number of hydrogen-bond acceptors (Lipinski definition) is 5. The Kier molecular flexibility index (Phi) is 5.74. The molecule has 0 aliphatic carbocycles. The Balaban J connectivity index is 1.71. The molecule has 0 aliphatic heterocycles. The number of H-pyrrole nitrogens is 1. The van der Waals surface area contributed by atoms with E-state index in [4.69, 9.17) is 4.42 Å². The fourth-order valence-corrected chi connectivity index (χ4v) is 4.09. The third-order valence-electron chi connectivity index (χ3n) is 5.72. The summed E-state index contributed by atoms with van der Waals surface area (Å²) in [5, 5.41) is 1.53. The minimum atomic E-state index is -0.354. The number of para-hydroxylation sites is 1. The van der Waals surface area contributed by atoms with E-state index in [2.05, 4.69) is 41.7 Å². The van der Waals surface area contributed by atoms with Crippen molar-refractivity contribution in [1.82, 2.24) is 14.9 Å². The summed E-state index contributed by atoms with van der Waals surface area (Å²) in [5.41, 5.74) is 4.07. The number of aromatic nitrogens is 2. The van der Waals surface area contributed by atoms with Crippen LogP contribution in [0.1, 0.15) is 49.2 Å². The normalized spacial score (nSPS) is 11.8. The molecule has 0 spiro atoms. The van der Waals surface area contributed by atoms with Crippen molar-refractivity contribution in [1.29, 1.82) is 0 Å². The lowest BCUT2D eigenvalue weighted by Crippen LogP contribution is -2.26. The highest BCUT2D eigenvalue weighted by Crippen LogP contribution is 2.27. The van der Waals surface area contributed by atoms with Crippen molar-refractivity contribution in [3.8, 4) is 0 Å². The highest BCUT2D eigenvalue weighted by atomic mass is 16.4. The predicted octanol–water partition coefficient (Wildman–Crippen LogP) is 4.48. The van der Waals surface area contributed by atoms with Crippen molar-refractivity contribution >= 4 is 21.9 Å². The van der Waals surface area contributed by atoms with E-state index < -0.39 is 0 Å². The van der Waals surface area contributed by atoms with Gasteiger partial charge in [0.15, 0.2) is 0 Å². The van der Waals surface area contributed by atoms with Crippen LogP contribution in [-0.4, -0.2) is 21.4 Å². The van der Waals surface area contributed by atoms with Gasteiger partial charge in [-0.25, -0.2) is 9.78 Å². The maximum Gasteiger partial charge on any atom is 0.336 e. The monoisotopic (exact) mass is 417 g/mol. The average molecular weight is 418 g/mol. The number of nitrogens with zero attached hydrogens (tertiary/aromatic N) is 2. The highest BCUT2D eigenvalue weighted by molar-refractivity contribution is 5.82. The van der Waals surface area contributed by atoms with Crippen LogP contribution >= 0.6 is 0 Å². The first kappa shape index (κ1) is 21.0. The van der Waals surface area contributed by atoms with Gasteiger partial charge in [-0.15, -0.1) is 0 Å². The molecular weight excluding hydrogens is 390 g/mol. The number of benzene rings is 2. The summed E-state index contributed by atoms with van der Waals surface area (Å²) in [7, 11) is 0. The fraction of sp³-hybridized carbons (Fsp3) is 0.320. The standard InChI is InChI=1S/C25H27N3O3/c1-5-28(14-23-26-21-9-7-6-8-18(21)25(30)27-23)13-17-11-24(29)31-22-10-16(4)19(15(2)3)12-20(17)22/h6-12,15H,5,13-14H2,1-4H3,(H,26,27,30).